The van der Waals surface area contributed by atoms with Crippen LogP contribution >= 0.6 is 30.3 Å². The molecular weight excluding hydrogens is 357 g/mol. The highest BCUT2D eigenvalue weighted by Gasteiger charge is 2.39. The van der Waals surface area contributed by atoms with Crippen LogP contribution in [-0.2, 0) is 13.8 Å². The summed E-state index contributed by atoms with van der Waals surface area (Å²) in [5.74, 6) is 0. The zero-order valence-corrected chi connectivity index (χ0v) is 17.0. The Bertz CT molecular complexity index is 422. The van der Waals surface area contributed by atoms with E-state index in [2.05, 4.69) is 39.9 Å². The van der Waals surface area contributed by atoms with Gasteiger partial charge in [-0.3, -0.25) is 5.41 Å². The Hall–Kier alpha value is -0.0500. The van der Waals surface area contributed by atoms with Crippen molar-refractivity contribution in [3.63, 3.8) is 0 Å². The highest BCUT2D eigenvalue weighted by atomic mass is 33.1. The summed E-state index contributed by atoms with van der Waals surface area (Å²) in [5.41, 5.74) is -0.166. The van der Waals surface area contributed by atoms with Gasteiger partial charge in [0.25, 0.3) is 8.53 Å². The molecule has 23 heavy (non-hydrogen) atoms. The number of nitrogens with one attached hydrogen (secondary N) is 2. The molecule has 0 atom stereocenters. The summed E-state index contributed by atoms with van der Waals surface area (Å²) < 4.78 is 18.7. The van der Waals surface area contributed by atoms with E-state index in [1.165, 1.54) is 28.8 Å². The van der Waals surface area contributed by atoms with Crippen molar-refractivity contribution in [2.75, 3.05) is 26.9 Å². The van der Waals surface area contributed by atoms with Crippen LogP contribution in [0.3, 0.4) is 0 Å². The number of hydrogen-bond donors (Lipinski definition) is 2. The highest BCUT2D eigenvalue weighted by molar-refractivity contribution is 8.81. The normalized spacial score (nSPS) is 18.7. The van der Waals surface area contributed by atoms with Crippen molar-refractivity contribution < 1.29 is 18.6 Å². The van der Waals surface area contributed by atoms with Gasteiger partial charge in [0, 0.05) is 29.0 Å². The zero-order chi connectivity index (χ0) is 17.7. The molecule has 1 aliphatic rings. The van der Waals surface area contributed by atoms with Crippen LogP contribution in [0.1, 0.15) is 34.6 Å². The maximum Gasteiger partial charge on any atom is 0.407 e. The van der Waals surface area contributed by atoms with Gasteiger partial charge in [0.2, 0.25) is 0 Å². The van der Waals surface area contributed by atoms with Gasteiger partial charge in [-0.05, 0) is 31.6 Å². The number of nitrogens with zero attached hydrogens (tertiary/aromatic N) is 1. The Morgan fingerprint density at radius 2 is 1.96 bits per heavy atom. The first-order chi connectivity index (χ1) is 10.5. The van der Waals surface area contributed by atoms with E-state index in [0.29, 0.717) is 13.2 Å². The third-order valence-corrected chi connectivity index (χ3v) is 7.53. The number of carbonyl (C=O) groups is 1. The maximum atomic E-state index is 11.0. The van der Waals surface area contributed by atoms with Gasteiger partial charge in [0.15, 0.2) is 0 Å². The Balaban J connectivity index is 2.53. The Labute approximate surface area is 147 Å². The van der Waals surface area contributed by atoms with Crippen molar-refractivity contribution in [1.82, 2.24) is 9.39 Å². The van der Waals surface area contributed by atoms with Gasteiger partial charge in [-0.2, -0.15) is 4.08 Å². The van der Waals surface area contributed by atoms with Crippen LogP contribution < -0.4 is 5.32 Å². The number of carbonyl (C=O) groups excluding carboxylic acids is 1. The minimum absolute atomic E-state index is 0.0221. The van der Waals surface area contributed by atoms with E-state index in [1.54, 1.807) is 0 Å². The van der Waals surface area contributed by atoms with Gasteiger partial charge in [-0.1, -0.05) is 13.8 Å². The van der Waals surface area contributed by atoms with Crippen molar-refractivity contribution in [3.05, 3.63) is 0 Å². The largest absolute Gasteiger partial charge is 0.442 e. The lowest BCUT2D eigenvalue weighted by Crippen LogP contribution is -2.37. The van der Waals surface area contributed by atoms with E-state index in [1.807, 2.05) is 4.08 Å². The minimum Gasteiger partial charge on any atom is -0.442 e. The molecule has 0 bridgehead atoms. The van der Waals surface area contributed by atoms with E-state index in [4.69, 9.17) is 19.2 Å². The fraction of sp³-hybridized carbons (Fsp3) is 0.846. The fourth-order valence-electron chi connectivity index (χ4n) is 1.34. The number of amides is 1. The van der Waals surface area contributed by atoms with Crippen LogP contribution in [0.15, 0.2) is 0 Å². The molecule has 134 valence electrons. The van der Waals surface area contributed by atoms with E-state index >= 15 is 0 Å². The maximum absolute atomic E-state index is 11.0. The standard InChI is InChI=1S/C13H26N3O4PS2/c1-12(2,3)16(21-19-8-13(4,5)9-20-21)23-22-10(14)7-18-11(17)15-6/h14H,7-9H2,1-6H3,(H,15,17). The molecule has 0 spiro atoms. The van der Waals surface area contributed by atoms with E-state index in [-0.39, 0.29) is 22.6 Å². The van der Waals surface area contributed by atoms with Crippen LogP contribution in [0.4, 0.5) is 4.79 Å². The molecule has 0 saturated carbocycles. The zero-order valence-electron chi connectivity index (χ0n) is 14.5. The Morgan fingerprint density at radius 3 is 2.43 bits per heavy atom. The molecule has 0 unspecified atom stereocenters. The van der Waals surface area contributed by atoms with Crippen molar-refractivity contribution in [1.29, 1.82) is 5.41 Å². The van der Waals surface area contributed by atoms with Crippen LogP contribution in [0.5, 0.6) is 0 Å². The van der Waals surface area contributed by atoms with E-state index in [0.717, 1.165) is 0 Å². The smallest absolute Gasteiger partial charge is 0.407 e. The first kappa shape index (κ1) is 21.0. The molecule has 7 nitrogen and oxygen atoms in total. The third kappa shape index (κ3) is 7.58. The summed E-state index contributed by atoms with van der Waals surface area (Å²) in [6.07, 6.45) is -0.543. The second kappa shape index (κ2) is 8.87. The monoisotopic (exact) mass is 383 g/mol. The first-order valence-electron chi connectivity index (χ1n) is 7.18. The summed E-state index contributed by atoms with van der Waals surface area (Å²) in [6, 6.07) is 0. The number of rotatable bonds is 5. The average molecular weight is 383 g/mol. The summed E-state index contributed by atoms with van der Waals surface area (Å²) in [4.78, 5) is 11.0. The van der Waals surface area contributed by atoms with Gasteiger partial charge >= 0.3 is 6.09 Å². The Kier molecular flexibility index (Phi) is 8.10. The quantitative estimate of drug-likeness (QED) is 0.244. The lowest BCUT2D eigenvalue weighted by atomic mass is 9.97. The predicted octanol–water partition coefficient (Wildman–Crippen LogP) is 4.02. The number of ether oxygens (including phenoxy) is 1. The predicted molar refractivity (Wildman–Crippen MR) is 97.5 cm³/mol. The Morgan fingerprint density at radius 1 is 1.39 bits per heavy atom. The second-order valence-corrected chi connectivity index (χ2v) is 10.6. The van der Waals surface area contributed by atoms with Crippen molar-refractivity contribution in [2.45, 2.75) is 40.2 Å². The highest BCUT2D eigenvalue weighted by Crippen LogP contribution is 2.57. The molecule has 0 aromatic heterocycles. The summed E-state index contributed by atoms with van der Waals surface area (Å²) in [6.45, 7) is 11.7. The molecule has 1 aliphatic heterocycles. The average Bonchev–Trinajstić information content (AvgIpc) is 2.45. The second-order valence-electron chi connectivity index (χ2n) is 6.80. The van der Waals surface area contributed by atoms with Crippen molar-refractivity contribution >= 4 is 41.4 Å². The lowest BCUT2D eigenvalue weighted by molar-refractivity contribution is 0.0473. The SMILES string of the molecule is CNC(=O)OCC(=N)SSN(P1OCC(C)(C)CO1)C(C)(C)C. The third-order valence-electron chi connectivity index (χ3n) is 2.60. The molecule has 1 saturated heterocycles. The van der Waals surface area contributed by atoms with Gasteiger partial charge in [0.05, 0.1) is 13.2 Å². The van der Waals surface area contributed by atoms with Crippen molar-refractivity contribution in [2.24, 2.45) is 5.41 Å². The van der Waals surface area contributed by atoms with E-state index in [9.17, 15) is 4.79 Å². The molecular formula is C13H26N3O4PS2. The molecule has 0 aromatic rings. The minimum atomic E-state index is -1.18. The number of hydrogen-bond acceptors (Lipinski definition) is 8. The summed E-state index contributed by atoms with van der Waals surface area (Å²) in [7, 11) is 2.93. The molecule has 2 N–H and O–H groups in total. The summed E-state index contributed by atoms with van der Waals surface area (Å²) in [5, 5.41) is 10.5. The van der Waals surface area contributed by atoms with Gasteiger partial charge in [-0.25, -0.2) is 4.79 Å². The van der Waals surface area contributed by atoms with Gasteiger partial charge in [-0.15, -0.1) is 0 Å². The lowest BCUT2D eigenvalue weighted by Gasteiger charge is -2.42. The molecule has 1 fully saturated rings. The van der Waals surface area contributed by atoms with Crippen LogP contribution in [0, 0.1) is 10.8 Å². The topological polar surface area (TPSA) is 83.9 Å². The van der Waals surface area contributed by atoms with Crippen molar-refractivity contribution in [3.8, 4) is 0 Å². The van der Waals surface area contributed by atoms with E-state index < -0.39 is 14.6 Å². The van der Waals surface area contributed by atoms with Crippen LogP contribution in [-0.4, -0.2) is 47.6 Å². The molecule has 1 rings (SSSR count). The van der Waals surface area contributed by atoms with Crippen LogP contribution in [0.2, 0.25) is 0 Å². The fourth-order valence-corrected chi connectivity index (χ4v) is 6.11. The first-order valence-corrected chi connectivity index (χ1v) is 10.4. The molecule has 10 heteroatoms. The number of alkyl carbamates (subject to hydrolysis) is 1. The summed E-state index contributed by atoms with van der Waals surface area (Å²) >= 11 is 0. The van der Waals surface area contributed by atoms with Gasteiger partial charge in [0.1, 0.15) is 11.7 Å². The molecule has 1 amide bonds. The van der Waals surface area contributed by atoms with Crippen LogP contribution in [0.25, 0.3) is 0 Å². The molecule has 0 aromatic carbocycles. The molecule has 0 aliphatic carbocycles. The molecule has 1 heterocycles. The molecule has 0 radical (unpaired) electrons. The van der Waals surface area contributed by atoms with Gasteiger partial charge < -0.3 is 19.1 Å².